The zero-order valence-corrected chi connectivity index (χ0v) is 9.23. The molecule has 4 heteroatoms. The molecule has 0 aliphatic rings. The van der Waals surface area contributed by atoms with Gasteiger partial charge in [0, 0.05) is 6.92 Å². The Hall–Kier alpha value is -1.19. The quantitative estimate of drug-likeness (QED) is 0.725. The van der Waals surface area contributed by atoms with Gasteiger partial charge in [-0.2, -0.15) is 0 Å². The fourth-order valence-electron chi connectivity index (χ4n) is 1.14. The first-order valence-electron chi connectivity index (χ1n) is 4.72. The maximum absolute atomic E-state index is 12.9. The SMILES string of the molecule is Cc1cc(C(=O)C(C)C(C)(F)F)oc1C. The minimum absolute atomic E-state index is 0.0130. The highest BCUT2D eigenvalue weighted by molar-refractivity contribution is 5.96. The zero-order chi connectivity index (χ0) is 11.8. The van der Waals surface area contributed by atoms with Crippen molar-refractivity contribution in [2.24, 2.45) is 5.92 Å². The second kappa shape index (κ2) is 3.76. The van der Waals surface area contributed by atoms with Gasteiger partial charge in [-0.15, -0.1) is 0 Å². The van der Waals surface area contributed by atoms with Crippen molar-refractivity contribution in [1.82, 2.24) is 0 Å². The summed E-state index contributed by atoms with van der Waals surface area (Å²) in [6.07, 6.45) is 0. The van der Waals surface area contributed by atoms with E-state index in [4.69, 9.17) is 4.42 Å². The number of hydrogen-bond donors (Lipinski definition) is 0. The molecule has 1 atom stereocenters. The van der Waals surface area contributed by atoms with Crippen LogP contribution < -0.4 is 0 Å². The molecular formula is C11H14F2O2. The highest BCUT2D eigenvalue weighted by Gasteiger charge is 2.37. The van der Waals surface area contributed by atoms with Crippen LogP contribution in [0, 0.1) is 19.8 Å². The van der Waals surface area contributed by atoms with Crippen molar-refractivity contribution in [2.45, 2.75) is 33.6 Å². The summed E-state index contributed by atoms with van der Waals surface area (Å²) in [5.41, 5.74) is 0.796. The van der Waals surface area contributed by atoms with E-state index in [1.807, 2.05) is 0 Å². The molecule has 0 aliphatic carbocycles. The van der Waals surface area contributed by atoms with E-state index in [2.05, 4.69) is 0 Å². The van der Waals surface area contributed by atoms with Crippen LogP contribution in [-0.2, 0) is 0 Å². The summed E-state index contributed by atoms with van der Waals surface area (Å²) in [6.45, 7) is 5.40. The number of furan rings is 1. The van der Waals surface area contributed by atoms with Crippen molar-refractivity contribution in [3.8, 4) is 0 Å². The topological polar surface area (TPSA) is 30.2 Å². The van der Waals surface area contributed by atoms with E-state index in [0.29, 0.717) is 5.76 Å². The van der Waals surface area contributed by atoms with Crippen molar-refractivity contribution in [2.75, 3.05) is 0 Å². The molecule has 0 aromatic carbocycles. The zero-order valence-electron chi connectivity index (χ0n) is 9.23. The maximum Gasteiger partial charge on any atom is 0.255 e. The minimum Gasteiger partial charge on any atom is -0.458 e. The third kappa shape index (κ3) is 2.43. The molecule has 0 saturated heterocycles. The average molecular weight is 216 g/mol. The Kier molecular flexibility index (Phi) is 2.98. The smallest absolute Gasteiger partial charge is 0.255 e. The monoisotopic (exact) mass is 216 g/mol. The lowest BCUT2D eigenvalue weighted by Crippen LogP contribution is -2.28. The van der Waals surface area contributed by atoms with Gasteiger partial charge in [0.2, 0.25) is 5.78 Å². The second-order valence-corrected chi connectivity index (χ2v) is 3.89. The van der Waals surface area contributed by atoms with Crippen LogP contribution in [0.2, 0.25) is 0 Å². The predicted octanol–water partition coefficient (Wildman–Crippen LogP) is 3.37. The number of Topliss-reactive ketones (excluding diaryl/α,β-unsaturated/α-hetero) is 1. The molecule has 1 rings (SSSR count). The molecule has 0 amide bonds. The van der Waals surface area contributed by atoms with Gasteiger partial charge in [-0.3, -0.25) is 4.79 Å². The van der Waals surface area contributed by atoms with E-state index >= 15 is 0 Å². The summed E-state index contributed by atoms with van der Waals surface area (Å²) in [6, 6.07) is 1.50. The summed E-state index contributed by atoms with van der Waals surface area (Å²) < 4.78 is 30.9. The molecule has 0 N–H and O–H groups in total. The lowest BCUT2D eigenvalue weighted by atomic mass is 9.98. The van der Waals surface area contributed by atoms with Gasteiger partial charge in [-0.05, 0) is 32.4 Å². The molecule has 0 radical (unpaired) electrons. The Morgan fingerprint density at radius 2 is 2.00 bits per heavy atom. The first-order valence-corrected chi connectivity index (χ1v) is 4.72. The summed E-state index contributed by atoms with van der Waals surface area (Å²) >= 11 is 0. The third-order valence-electron chi connectivity index (χ3n) is 2.56. The van der Waals surface area contributed by atoms with Crippen molar-refractivity contribution in [3.63, 3.8) is 0 Å². The van der Waals surface area contributed by atoms with Crippen LogP contribution in [0.1, 0.15) is 35.7 Å². The number of aryl methyl sites for hydroxylation is 2. The molecule has 0 fully saturated rings. The van der Waals surface area contributed by atoms with Gasteiger partial charge in [-0.1, -0.05) is 0 Å². The van der Waals surface area contributed by atoms with Crippen molar-refractivity contribution in [1.29, 1.82) is 0 Å². The summed E-state index contributed by atoms with van der Waals surface area (Å²) in [7, 11) is 0. The van der Waals surface area contributed by atoms with Crippen molar-refractivity contribution in [3.05, 3.63) is 23.2 Å². The van der Waals surface area contributed by atoms with Crippen LogP contribution in [0.5, 0.6) is 0 Å². The van der Waals surface area contributed by atoms with Crippen molar-refractivity contribution < 1.29 is 18.0 Å². The molecule has 0 saturated carbocycles. The van der Waals surface area contributed by atoms with E-state index < -0.39 is 17.6 Å². The number of alkyl halides is 2. The second-order valence-electron chi connectivity index (χ2n) is 3.89. The fraction of sp³-hybridized carbons (Fsp3) is 0.545. The number of rotatable bonds is 3. The number of carbonyl (C=O) groups is 1. The fourth-order valence-corrected chi connectivity index (χ4v) is 1.14. The third-order valence-corrected chi connectivity index (χ3v) is 2.56. The van der Waals surface area contributed by atoms with Gasteiger partial charge in [0.15, 0.2) is 5.76 Å². The number of hydrogen-bond acceptors (Lipinski definition) is 2. The number of carbonyl (C=O) groups excluding carboxylic acids is 1. The average Bonchev–Trinajstić information content (AvgIpc) is 2.43. The Morgan fingerprint density at radius 1 is 1.47 bits per heavy atom. The van der Waals surface area contributed by atoms with Gasteiger partial charge in [-0.25, -0.2) is 8.78 Å². The highest BCUT2D eigenvalue weighted by atomic mass is 19.3. The van der Waals surface area contributed by atoms with Crippen LogP contribution in [0.4, 0.5) is 8.78 Å². The Balaban J connectivity index is 2.95. The van der Waals surface area contributed by atoms with Crippen molar-refractivity contribution >= 4 is 5.78 Å². The van der Waals surface area contributed by atoms with Crippen LogP contribution in [-0.4, -0.2) is 11.7 Å². The van der Waals surface area contributed by atoms with E-state index in [1.54, 1.807) is 13.8 Å². The first kappa shape index (κ1) is 11.9. The van der Waals surface area contributed by atoms with Gasteiger partial charge in [0.1, 0.15) is 5.76 Å². The molecule has 1 heterocycles. The van der Waals surface area contributed by atoms with E-state index in [0.717, 1.165) is 12.5 Å². The lowest BCUT2D eigenvalue weighted by molar-refractivity contribution is -0.0232. The van der Waals surface area contributed by atoms with Crippen LogP contribution >= 0.6 is 0 Å². The van der Waals surface area contributed by atoms with E-state index in [9.17, 15) is 13.6 Å². The first-order chi connectivity index (χ1) is 6.73. The molecular weight excluding hydrogens is 202 g/mol. The molecule has 1 aromatic heterocycles. The standard InChI is InChI=1S/C11H14F2O2/c1-6-5-9(15-8(6)3)10(14)7(2)11(4,12)13/h5,7H,1-4H3. The van der Waals surface area contributed by atoms with Crippen LogP contribution in [0.15, 0.2) is 10.5 Å². The molecule has 2 nitrogen and oxygen atoms in total. The van der Waals surface area contributed by atoms with Crippen LogP contribution in [0.3, 0.4) is 0 Å². The molecule has 0 spiro atoms. The Labute approximate surface area is 87.3 Å². The summed E-state index contributed by atoms with van der Waals surface area (Å²) in [5.74, 6) is -4.43. The van der Waals surface area contributed by atoms with Gasteiger partial charge in [0.25, 0.3) is 5.92 Å². The Bertz CT molecular complexity index is 355. The highest BCUT2D eigenvalue weighted by Crippen LogP contribution is 2.27. The van der Waals surface area contributed by atoms with Gasteiger partial charge >= 0.3 is 0 Å². The lowest BCUT2D eigenvalue weighted by Gasteiger charge is -2.16. The molecule has 84 valence electrons. The van der Waals surface area contributed by atoms with Crippen LogP contribution in [0.25, 0.3) is 0 Å². The summed E-state index contributed by atoms with van der Waals surface area (Å²) in [4.78, 5) is 11.6. The molecule has 1 aromatic rings. The molecule has 15 heavy (non-hydrogen) atoms. The molecule has 0 bridgehead atoms. The number of ketones is 1. The maximum atomic E-state index is 12.9. The number of halogens is 2. The predicted molar refractivity (Wildman–Crippen MR) is 52.3 cm³/mol. The minimum atomic E-state index is -3.02. The van der Waals surface area contributed by atoms with Gasteiger partial charge in [0.05, 0.1) is 5.92 Å². The molecule has 1 unspecified atom stereocenters. The Morgan fingerprint density at radius 3 is 2.33 bits per heavy atom. The normalized spacial score (nSPS) is 14.0. The van der Waals surface area contributed by atoms with E-state index in [-0.39, 0.29) is 5.76 Å². The van der Waals surface area contributed by atoms with Gasteiger partial charge < -0.3 is 4.42 Å². The largest absolute Gasteiger partial charge is 0.458 e. The molecule has 0 aliphatic heterocycles. The summed E-state index contributed by atoms with van der Waals surface area (Å²) in [5, 5.41) is 0. The van der Waals surface area contributed by atoms with E-state index in [1.165, 1.54) is 13.0 Å².